The van der Waals surface area contributed by atoms with Gasteiger partial charge in [0.2, 0.25) is 5.91 Å². The lowest BCUT2D eigenvalue weighted by Crippen LogP contribution is -2.41. The molecule has 3 N–H and O–H groups in total. The Bertz CT molecular complexity index is 652. The Kier molecular flexibility index (Phi) is 10.0. The molecule has 7 heteroatoms. The molecule has 0 radical (unpaired) electrons. The minimum atomic E-state index is 0. The van der Waals surface area contributed by atoms with Gasteiger partial charge in [0, 0.05) is 44.3 Å². The monoisotopic (exact) mass is 513 g/mol. The van der Waals surface area contributed by atoms with Crippen LogP contribution in [0.1, 0.15) is 45.1 Å². The van der Waals surface area contributed by atoms with Gasteiger partial charge in [0.1, 0.15) is 0 Å². The molecule has 162 valence electrons. The van der Waals surface area contributed by atoms with Gasteiger partial charge >= 0.3 is 0 Å². The second-order valence-corrected chi connectivity index (χ2v) is 8.02. The van der Waals surface area contributed by atoms with Crippen molar-refractivity contribution in [3.63, 3.8) is 0 Å². The maximum absolute atomic E-state index is 11.7. The first kappa shape index (κ1) is 23.8. The molecule has 0 aromatic heterocycles. The predicted octanol–water partition coefficient (Wildman–Crippen LogP) is 3.12. The number of nitrogens with zero attached hydrogens (tertiary/aromatic N) is 2. The van der Waals surface area contributed by atoms with Gasteiger partial charge in [0.05, 0.1) is 6.54 Å². The molecule has 0 bridgehead atoms. The van der Waals surface area contributed by atoms with Gasteiger partial charge in [-0.25, -0.2) is 4.99 Å². The van der Waals surface area contributed by atoms with Crippen LogP contribution in [0.4, 0.5) is 5.69 Å². The number of hydrogen-bond acceptors (Lipinski definition) is 3. The van der Waals surface area contributed by atoms with Gasteiger partial charge in [-0.3, -0.25) is 4.79 Å². The highest BCUT2D eigenvalue weighted by molar-refractivity contribution is 14.0. The van der Waals surface area contributed by atoms with Crippen LogP contribution < -0.4 is 20.9 Å². The molecule has 0 unspecified atom stereocenters. The van der Waals surface area contributed by atoms with Gasteiger partial charge in [-0.2, -0.15) is 0 Å². The smallest absolute Gasteiger partial charge is 0.223 e. The van der Waals surface area contributed by atoms with Crippen molar-refractivity contribution in [1.29, 1.82) is 0 Å². The molecule has 1 amide bonds. The molecule has 6 nitrogen and oxygen atoms in total. The number of piperidine rings is 1. The van der Waals surface area contributed by atoms with Crippen LogP contribution in [0.25, 0.3) is 0 Å². The summed E-state index contributed by atoms with van der Waals surface area (Å²) in [5, 5.41) is 9.52. The molecule has 29 heavy (non-hydrogen) atoms. The number of rotatable bonds is 8. The zero-order valence-corrected chi connectivity index (χ0v) is 20.1. The van der Waals surface area contributed by atoms with E-state index in [4.69, 9.17) is 0 Å². The van der Waals surface area contributed by atoms with Crippen LogP contribution in [0, 0.1) is 11.8 Å². The number of carbonyl (C=O) groups is 1. The topological polar surface area (TPSA) is 68.8 Å². The highest BCUT2D eigenvalue weighted by Crippen LogP contribution is 2.28. The largest absolute Gasteiger partial charge is 0.372 e. The summed E-state index contributed by atoms with van der Waals surface area (Å²) in [6, 6.07) is 8.79. The average molecular weight is 513 g/mol. The zero-order valence-electron chi connectivity index (χ0n) is 17.7. The van der Waals surface area contributed by atoms with Crippen molar-refractivity contribution in [2.75, 3.05) is 37.6 Å². The Morgan fingerprint density at radius 1 is 1.03 bits per heavy atom. The third-order valence-electron chi connectivity index (χ3n) is 5.51. The Hall–Kier alpha value is -1.51. The van der Waals surface area contributed by atoms with E-state index >= 15 is 0 Å². The van der Waals surface area contributed by atoms with E-state index in [0.717, 1.165) is 44.4 Å². The Balaban J connectivity index is 0.00000300. The molecule has 1 aromatic rings. The van der Waals surface area contributed by atoms with E-state index in [0.29, 0.717) is 19.6 Å². The van der Waals surface area contributed by atoms with Gasteiger partial charge in [0.25, 0.3) is 0 Å². The van der Waals surface area contributed by atoms with E-state index in [1.807, 2.05) is 0 Å². The summed E-state index contributed by atoms with van der Waals surface area (Å²) in [6.07, 6.45) is 4.65. The SMILES string of the molecule is CCNC(=NCc1ccc(N2CCC(C)CC2)cc1)NCCNC(=O)C1CC1.I. The fourth-order valence-electron chi connectivity index (χ4n) is 3.45. The second kappa shape index (κ2) is 12.2. The van der Waals surface area contributed by atoms with Crippen molar-refractivity contribution < 1.29 is 4.79 Å². The molecule has 1 aliphatic carbocycles. The van der Waals surface area contributed by atoms with Crippen molar-refractivity contribution in [1.82, 2.24) is 16.0 Å². The zero-order chi connectivity index (χ0) is 19.8. The van der Waals surface area contributed by atoms with E-state index < -0.39 is 0 Å². The van der Waals surface area contributed by atoms with Crippen molar-refractivity contribution in [3.05, 3.63) is 29.8 Å². The lowest BCUT2D eigenvalue weighted by atomic mass is 9.99. The normalized spacial score (nSPS) is 17.4. The maximum atomic E-state index is 11.7. The number of amides is 1. The molecule has 1 heterocycles. The second-order valence-electron chi connectivity index (χ2n) is 8.02. The van der Waals surface area contributed by atoms with E-state index in [-0.39, 0.29) is 35.8 Å². The fourth-order valence-corrected chi connectivity index (χ4v) is 3.45. The summed E-state index contributed by atoms with van der Waals surface area (Å²) in [7, 11) is 0. The van der Waals surface area contributed by atoms with Gasteiger partial charge in [-0.1, -0.05) is 19.1 Å². The van der Waals surface area contributed by atoms with Crippen LogP contribution in [0.15, 0.2) is 29.3 Å². The van der Waals surface area contributed by atoms with E-state index in [1.54, 1.807) is 0 Å². The quantitative estimate of drug-likeness (QED) is 0.216. The molecule has 1 aromatic carbocycles. The van der Waals surface area contributed by atoms with E-state index in [2.05, 4.69) is 64.0 Å². The van der Waals surface area contributed by atoms with Crippen LogP contribution >= 0.6 is 24.0 Å². The van der Waals surface area contributed by atoms with Crippen LogP contribution in [0.3, 0.4) is 0 Å². The Morgan fingerprint density at radius 2 is 1.69 bits per heavy atom. The average Bonchev–Trinajstić information content (AvgIpc) is 3.55. The minimum Gasteiger partial charge on any atom is -0.372 e. The molecule has 0 atom stereocenters. The molecular weight excluding hydrogens is 477 g/mol. The molecule has 2 fully saturated rings. The molecule has 3 rings (SSSR count). The minimum absolute atomic E-state index is 0. The standard InChI is InChI=1S/C22H35N5O.HI/c1-3-23-22(25-13-12-24-21(28)19-6-7-19)26-16-18-4-8-20(9-5-18)27-14-10-17(2)11-15-27;/h4-5,8-9,17,19H,3,6-7,10-16H2,1-2H3,(H,24,28)(H2,23,25,26);1H. The molecular formula is C22H36IN5O. The number of benzene rings is 1. The summed E-state index contributed by atoms with van der Waals surface area (Å²) >= 11 is 0. The maximum Gasteiger partial charge on any atom is 0.223 e. The summed E-state index contributed by atoms with van der Waals surface area (Å²) in [4.78, 5) is 18.8. The molecule has 1 saturated heterocycles. The summed E-state index contributed by atoms with van der Waals surface area (Å²) in [6.45, 7) is 9.47. The first-order valence-corrected chi connectivity index (χ1v) is 10.8. The number of hydrogen-bond donors (Lipinski definition) is 3. The fraction of sp³-hybridized carbons (Fsp3) is 0.636. The van der Waals surface area contributed by atoms with Gasteiger partial charge in [-0.15, -0.1) is 24.0 Å². The number of guanidine groups is 1. The van der Waals surface area contributed by atoms with Gasteiger partial charge < -0.3 is 20.9 Å². The van der Waals surface area contributed by atoms with Crippen LogP contribution in [0.2, 0.25) is 0 Å². The first-order valence-electron chi connectivity index (χ1n) is 10.8. The number of halogens is 1. The summed E-state index contributed by atoms with van der Waals surface area (Å²) in [5.41, 5.74) is 2.52. The van der Waals surface area contributed by atoms with Crippen molar-refractivity contribution in [2.24, 2.45) is 16.8 Å². The number of carbonyl (C=O) groups excluding carboxylic acids is 1. The highest BCUT2D eigenvalue weighted by atomic mass is 127. The lowest BCUT2D eigenvalue weighted by molar-refractivity contribution is -0.122. The van der Waals surface area contributed by atoms with E-state index in [1.165, 1.54) is 24.1 Å². The first-order chi connectivity index (χ1) is 13.7. The van der Waals surface area contributed by atoms with Gasteiger partial charge in [-0.05, 0) is 56.2 Å². The highest BCUT2D eigenvalue weighted by Gasteiger charge is 2.28. The van der Waals surface area contributed by atoms with Crippen molar-refractivity contribution >= 4 is 41.5 Å². The molecule has 0 spiro atoms. The number of nitrogens with one attached hydrogen (secondary N) is 3. The third kappa shape index (κ3) is 8.03. The Labute approximate surface area is 192 Å². The number of aliphatic imine (C=N–C) groups is 1. The predicted molar refractivity (Wildman–Crippen MR) is 131 cm³/mol. The molecule has 1 aliphatic heterocycles. The van der Waals surface area contributed by atoms with Crippen LogP contribution in [-0.2, 0) is 11.3 Å². The van der Waals surface area contributed by atoms with Crippen LogP contribution in [0.5, 0.6) is 0 Å². The Morgan fingerprint density at radius 3 is 2.31 bits per heavy atom. The van der Waals surface area contributed by atoms with Crippen molar-refractivity contribution in [3.8, 4) is 0 Å². The van der Waals surface area contributed by atoms with Gasteiger partial charge in [0.15, 0.2) is 5.96 Å². The lowest BCUT2D eigenvalue weighted by Gasteiger charge is -2.32. The molecule has 2 aliphatic rings. The van der Waals surface area contributed by atoms with E-state index in [9.17, 15) is 4.79 Å². The summed E-state index contributed by atoms with van der Waals surface area (Å²) in [5.74, 6) is 2.09. The summed E-state index contributed by atoms with van der Waals surface area (Å²) < 4.78 is 0. The van der Waals surface area contributed by atoms with Crippen LogP contribution in [-0.4, -0.2) is 44.6 Å². The number of anilines is 1. The van der Waals surface area contributed by atoms with Crippen molar-refractivity contribution in [2.45, 2.75) is 46.1 Å². The molecule has 1 saturated carbocycles. The third-order valence-corrected chi connectivity index (χ3v) is 5.51.